The highest BCUT2D eigenvalue weighted by Crippen LogP contribution is 2.34. The van der Waals surface area contributed by atoms with Crippen LogP contribution < -0.4 is 14.8 Å². The van der Waals surface area contributed by atoms with Gasteiger partial charge in [-0.25, -0.2) is 0 Å². The Morgan fingerprint density at radius 2 is 2.05 bits per heavy atom. The molecule has 0 aromatic heterocycles. The minimum Gasteiger partial charge on any atom is -0.454 e. The molecule has 22 heavy (non-hydrogen) atoms. The average molecular weight is 308 g/mol. The van der Waals surface area contributed by atoms with Crippen molar-refractivity contribution in [3.63, 3.8) is 0 Å². The van der Waals surface area contributed by atoms with Gasteiger partial charge >= 0.3 is 0 Å². The predicted octanol–water partition coefficient (Wildman–Crippen LogP) is 1.19. The van der Waals surface area contributed by atoms with Gasteiger partial charge in [0.1, 0.15) is 6.54 Å². The molecule has 1 aromatic rings. The van der Waals surface area contributed by atoms with E-state index in [1.54, 1.807) is 0 Å². The molecule has 0 amide bonds. The summed E-state index contributed by atoms with van der Waals surface area (Å²) >= 11 is 0. The van der Waals surface area contributed by atoms with Gasteiger partial charge in [0.05, 0.1) is 24.4 Å². The van der Waals surface area contributed by atoms with Gasteiger partial charge in [-0.15, -0.1) is 0 Å². The van der Waals surface area contributed by atoms with E-state index in [1.165, 1.54) is 5.56 Å². The number of hydrogen-bond donors (Lipinski definition) is 2. The van der Waals surface area contributed by atoms with Crippen molar-refractivity contribution in [3.05, 3.63) is 23.8 Å². The second-order valence-electron chi connectivity index (χ2n) is 6.98. The summed E-state index contributed by atoms with van der Waals surface area (Å²) in [5.41, 5.74) is 0.404. The van der Waals surface area contributed by atoms with Gasteiger partial charge < -0.3 is 24.6 Å². The van der Waals surface area contributed by atoms with E-state index in [0.29, 0.717) is 19.8 Å². The Morgan fingerprint density at radius 3 is 2.86 bits per heavy atom. The van der Waals surface area contributed by atoms with E-state index < -0.39 is 5.60 Å². The molecule has 2 aliphatic heterocycles. The number of ether oxygens (including phenoxy) is 3. The van der Waals surface area contributed by atoms with Gasteiger partial charge in [-0.05, 0) is 38.5 Å². The summed E-state index contributed by atoms with van der Waals surface area (Å²) < 4.78 is 16.4. The quantitative estimate of drug-likeness (QED) is 0.802. The Labute approximate surface area is 131 Å². The third kappa shape index (κ3) is 3.72. The van der Waals surface area contributed by atoms with E-state index in [1.807, 2.05) is 26.0 Å². The minimum atomic E-state index is -0.590. The fourth-order valence-electron chi connectivity index (χ4n) is 3.37. The van der Waals surface area contributed by atoms with Gasteiger partial charge in [0.2, 0.25) is 6.79 Å². The second-order valence-corrected chi connectivity index (χ2v) is 6.98. The van der Waals surface area contributed by atoms with Crippen LogP contribution in [0.15, 0.2) is 18.2 Å². The van der Waals surface area contributed by atoms with Crippen molar-refractivity contribution in [3.8, 4) is 11.5 Å². The topological polar surface area (TPSA) is 64.5 Å². The molecule has 0 radical (unpaired) electrons. The molecule has 3 N–H and O–H groups in total. The maximum atomic E-state index is 10.7. The molecule has 0 aliphatic carbocycles. The van der Waals surface area contributed by atoms with E-state index in [9.17, 15) is 5.11 Å². The predicted molar refractivity (Wildman–Crippen MR) is 81.9 cm³/mol. The fraction of sp³-hybridized carbons (Fsp3) is 0.647. The van der Waals surface area contributed by atoms with Crippen molar-refractivity contribution in [1.82, 2.24) is 0 Å². The van der Waals surface area contributed by atoms with Crippen LogP contribution in [0.25, 0.3) is 0 Å². The molecule has 0 bridgehead atoms. The summed E-state index contributed by atoms with van der Waals surface area (Å²) in [6.07, 6.45) is 2.23. The molecule has 1 saturated heterocycles. The second kappa shape index (κ2) is 6.07. The van der Waals surface area contributed by atoms with Crippen molar-refractivity contribution >= 4 is 0 Å². The Bertz CT molecular complexity index is 531. The first kappa shape index (κ1) is 15.6. The van der Waals surface area contributed by atoms with Crippen LogP contribution >= 0.6 is 0 Å². The largest absolute Gasteiger partial charge is 0.454 e. The number of quaternary nitrogens is 1. The number of benzene rings is 1. The van der Waals surface area contributed by atoms with Crippen molar-refractivity contribution in [2.24, 2.45) is 0 Å². The lowest BCUT2D eigenvalue weighted by Crippen LogP contribution is -2.83. The molecule has 122 valence electrons. The average Bonchev–Trinajstić information content (AvgIpc) is 2.89. The molecule has 0 unspecified atom stereocenters. The molecule has 5 heteroatoms. The number of nitrogens with two attached hydrogens (primary N) is 1. The number of fused-ring (bicyclic) bond motifs is 1. The molecule has 1 fully saturated rings. The van der Waals surface area contributed by atoms with Gasteiger partial charge in [0, 0.05) is 18.4 Å². The van der Waals surface area contributed by atoms with E-state index in [2.05, 4.69) is 11.4 Å². The number of rotatable bonds is 5. The van der Waals surface area contributed by atoms with E-state index >= 15 is 0 Å². The molecule has 2 heterocycles. The Balaban J connectivity index is 1.45. The summed E-state index contributed by atoms with van der Waals surface area (Å²) in [4.78, 5) is 0. The van der Waals surface area contributed by atoms with Crippen LogP contribution in [0.4, 0.5) is 0 Å². The van der Waals surface area contributed by atoms with Crippen LogP contribution in [-0.2, 0) is 11.3 Å². The van der Waals surface area contributed by atoms with Crippen LogP contribution in [0.3, 0.4) is 0 Å². The Kier molecular flexibility index (Phi) is 4.30. The lowest BCUT2D eigenvalue weighted by Gasteiger charge is -2.41. The first-order chi connectivity index (χ1) is 10.5. The van der Waals surface area contributed by atoms with E-state index in [4.69, 9.17) is 14.2 Å². The third-order valence-electron chi connectivity index (χ3n) is 4.45. The van der Waals surface area contributed by atoms with Crippen molar-refractivity contribution < 1.29 is 24.6 Å². The molecular weight excluding hydrogens is 282 g/mol. The zero-order valence-electron chi connectivity index (χ0n) is 13.4. The maximum Gasteiger partial charge on any atom is 0.231 e. The van der Waals surface area contributed by atoms with E-state index in [-0.39, 0.29) is 5.60 Å². The number of aliphatic hydroxyl groups is 1. The van der Waals surface area contributed by atoms with Gasteiger partial charge in [0.25, 0.3) is 0 Å². The summed E-state index contributed by atoms with van der Waals surface area (Å²) in [7, 11) is 0. The summed E-state index contributed by atoms with van der Waals surface area (Å²) in [5.74, 6) is 1.65. The van der Waals surface area contributed by atoms with E-state index in [0.717, 1.165) is 37.4 Å². The van der Waals surface area contributed by atoms with Crippen molar-refractivity contribution in [1.29, 1.82) is 0 Å². The normalized spacial score (nSPS) is 26.1. The smallest absolute Gasteiger partial charge is 0.231 e. The van der Waals surface area contributed by atoms with Gasteiger partial charge in [-0.1, -0.05) is 0 Å². The molecule has 1 aromatic carbocycles. The highest BCUT2D eigenvalue weighted by molar-refractivity contribution is 5.44. The zero-order chi connectivity index (χ0) is 15.6. The zero-order valence-corrected chi connectivity index (χ0v) is 13.4. The van der Waals surface area contributed by atoms with Crippen LogP contribution in [0, 0.1) is 0 Å². The highest BCUT2D eigenvalue weighted by Gasteiger charge is 2.39. The monoisotopic (exact) mass is 308 g/mol. The number of hydrogen-bond acceptors (Lipinski definition) is 4. The summed E-state index contributed by atoms with van der Waals surface area (Å²) in [6, 6.07) is 6.06. The van der Waals surface area contributed by atoms with Crippen molar-refractivity contribution in [2.45, 2.75) is 50.9 Å². The fourth-order valence-corrected chi connectivity index (χ4v) is 3.37. The molecule has 0 saturated carbocycles. The minimum absolute atomic E-state index is 0.218. The Morgan fingerprint density at radius 1 is 1.23 bits per heavy atom. The molecule has 0 spiro atoms. The molecule has 1 atom stereocenters. The standard InChI is InChI=1S/C17H25NO4/c1-16(2)11-17(19,6-8-22-16)5-7-18-10-13-3-4-14-15(9-13)21-12-20-14/h3-4,9,18-19H,5-8,10-12H2,1-2H3/p+1/t17-/m0/s1. The lowest BCUT2D eigenvalue weighted by molar-refractivity contribution is -0.672. The van der Waals surface area contributed by atoms with Crippen LogP contribution in [-0.4, -0.2) is 36.3 Å². The first-order valence-electron chi connectivity index (χ1n) is 8.02. The van der Waals surface area contributed by atoms with Crippen LogP contribution in [0.1, 0.15) is 38.7 Å². The van der Waals surface area contributed by atoms with Gasteiger partial charge in [-0.2, -0.15) is 0 Å². The SMILES string of the molecule is CC1(C)C[C@](O)(CC[NH2+]Cc2ccc3c(c2)OCO3)CCO1. The first-order valence-corrected chi connectivity index (χ1v) is 8.02. The molecule has 3 rings (SSSR count). The summed E-state index contributed by atoms with van der Waals surface area (Å²) in [6.45, 7) is 6.84. The molecular formula is C17H26NO4+. The molecule has 5 nitrogen and oxygen atoms in total. The van der Waals surface area contributed by atoms with Crippen LogP contribution in [0.5, 0.6) is 11.5 Å². The lowest BCUT2D eigenvalue weighted by atomic mass is 9.82. The van der Waals surface area contributed by atoms with Gasteiger partial charge in [0.15, 0.2) is 11.5 Å². The third-order valence-corrected chi connectivity index (χ3v) is 4.45. The summed E-state index contributed by atoms with van der Waals surface area (Å²) in [5, 5.41) is 12.9. The van der Waals surface area contributed by atoms with Crippen LogP contribution in [0.2, 0.25) is 0 Å². The molecule has 2 aliphatic rings. The van der Waals surface area contributed by atoms with Gasteiger partial charge in [-0.3, -0.25) is 0 Å². The maximum absolute atomic E-state index is 10.7. The van der Waals surface area contributed by atoms with Crippen molar-refractivity contribution in [2.75, 3.05) is 19.9 Å². The highest BCUT2D eigenvalue weighted by atomic mass is 16.7. The Hall–Kier alpha value is -1.30.